The smallest absolute Gasteiger partial charge is 0.184 e. The molecule has 6 nitrogen and oxygen atoms in total. The SMILES string of the molecule is CC1OC(CO)C2OC(O)C(O)C2O1. The van der Waals surface area contributed by atoms with Crippen molar-refractivity contribution in [2.75, 3.05) is 6.61 Å². The minimum atomic E-state index is -1.27. The van der Waals surface area contributed by atoms with Gasteiger partial charge in [-0.05, 0) is 6.92 Å². The van der Waals surface area contributed by atoms with Gasteiger partial charge in [0.05, 0.1) is 6.61 Å². The highest BCUT2D eigenvalue weighted by Gasteiger charge is 2.51. The Kier molecular flexibility index (Phi) is 2.74. The monoisotopic (exact) mass is 206 g/mol. The Morgan fingerprint density at radius 3 is 2.43 bits per heavy atom. The highest BCUT2D eigenvalue weighted by Crippen LogP contribution is 2.31. The summed E-state index contributed by atoms with van der Waals surface area (Å²) in [4.78, 5) is 0. The number of aliphatic hydroxyl groups is 3. The second kappa shape index (κ2) is 3.73. The summed E-state index contributed by atoms with van der Waals surface area (Å²) in [6.07, 6.45) is -4.67. The van der Waals surface area contributed by atoms with Crippen molar-refractivity contribution in [3.05, 3.63) is 0 Å². The third kappa shape index (κ3) is 1.54. The Morgan fingerprint density at radius 1 is 1.07 bits per heavy atom. The molecular weight excluding hydrogens is 192 g/mol. The molecule has 82 valence electrons. The molecule has 0 bridgehead atoms. The largest absolute Gasteiger partial charge is 0.394 e. The van der Waals surface area contributed by atoms with Gasteiger partial charge in [-0.3, -0.25) is 0 Å². The number of hydrogen-bond acceptors (Lipinski definition) is 6. The molecule has 6 heteroatoms. The first-order chi connectivity index (χ1) is 6.63. The second-order valence-electron chi connectivity index (χ2n) is 3.51. The molecule has 2 aliphatic rings. The van der Waals surface area contributed by atoms with Crippen LogP contribution in [0.25, 0.3) is 0 Å². The third-order valence-corrected chi connectivity index (χ3v) is 2.51. The summed E-state index contributed by atoms with van der Waals surface area (Å²) in [6.45, 7) is 1.44. The molecular formula is C8H14O6. The van der Waals surface area contributed by atoms with Gasteiger partial charge in [-0.25, -0.2) is 0 Å². The van der Waals surface area contributed by atoms with E-state index in [9.17, 15) is 10.2 Å². The van der Waals surface area contributed by atoms with Gasteiger partial charge in [0.15, 0.2) is 12.6 Å². The van der Waals surface area contributed by atoms with Gasteiger partial charge in [0.1, 0.15) is 24.4 Å². The minimum Gasteiger partial charge on any atom is -0.394 e. The molecule has 0 saturated carbocycles. The number of fused-ring (bicyclic) bond motifs is 1. The first kappa shape index (κ1) is 10.3. The van der Waals surface area contributed by atoms with Gasteiger partial charge in [-0.15, -0.1) is 0 Å². The van der Waals surface area contributed by atoms with Crippen LogP contribution in [0.4, 0.5) is 0 Å². The Labute approximate surface area is 81.0 Å². The minimum absolute atomic E-state index is 0.228. The third-order valence-electron chi connectivity index (χ3n) is 2.51. The maximum Gasteiger partial charge on any atom is 0.184 e. The molecule has 0 aromatic heterocycles. The van der Waals surface area contributed by atoms with Crippen LogP contribution in [0.5, 0.6) is 0 Å². The number of rotatable bonds is 1. The zero-order chi connectivity index (χ0) is 10.3. The van der Waals surface area contributed by atoms with Crippen LogP contribution in [0.1, 0.15) is 6.92 Å². The number of hydrogen-bond donors (Lipinski definition) is 3. The van der Waals surface area contributed by atoms with Gasteiger partial charge in [-0.2, -0.15) is 0 Å². The van der Waals surface area contributed by atoms with Crippen LogP contribution in [0.3, 0.4) is 0 Å². The van der Waals surface area contributed by atoms with E-state index in [0.717, 1.165) is 0 Å². The molecule has 0 aliphatic carbocycles. The lowest BCUT2D eigenvalue weighted by Crippen LogP contribution is -2.51. The van der Waals surface area contributed by atoms with E-state index in [1.807, 2.05) is 0 Å². The fraction of sp³-hybridized carbons (Fsp3) is 1.00. The van der Waals surface area contributed by atoms with Gasteiger partial charge in [0.2, 0.25) is 0 Å². The van der Waals surface area contributed by atoms with Crippen LogP contribution < -0.4 is 0 Å². The van der Waals surface area contributed by atoms with Crippen LogP contribution in [0.2, 0.25) is 0 Å². The second-order valence-corrected chi connectivity index (χ2v) is 3.51. The summed E-state index contributed by atoms with van der Waals surface area (Å²) in [5.74, 6) is 0. The van der Waals surface area contributed by atoms with E-state index in [1.54, 1.807) is 6.92 Å². The molecule has 0 amide bonds. The highest BCUT2D eigenvalue weighted by molar-refractivity contribution is 4.94. The molecule has 0 aromatic carbocycles. The summed E-state index contributed by atoms with van der Waals surface area (Å²) < 4.78 is 15.5. The molecule has 2 saturated heterocycles. The van der Waals surface area contributed by atoms with E-state index in [0.29, 0.717) is 0 Å². The molecule has 2 fully saturated rings. The van der Waals surface area contributed by atoms with E-state index in [-0.39, 0.29) is 6.61 Å². The molecule has 2 rings (SSSR count). The topological polar surface area (TPSA) is 88.4 Å². The van der Waals surface area contributed by atoms with Crippen molar-refractivity contribution in [2.45, 2.75) is 43.9 Å². The number of ether oxygens (including phenoxy) is 3. The van der Waals surface area contributed by atoms with Crippen molar-refractivity contribution in [1.29, 1.82) is 0 Å². The van der Waals surface area contributed by atoms with Crippen LogP contribution in [-0.4, -0.2) is 58.9 Å². The normalized spacial score (nSPS) is 53.1. The molecule has 3 N–H and O–H groups in total. The van der Waals surface area contributed by atoms with Crippen molar-refractivity contribution < 1.29 is 29.5 Å². The van der Waals surface area contributed by atoms with Crippen molar-refractivity contribution in [3.8, 4) is 0 Å². The predicted octanol–water partition coefficient (Wildman–Crippen LogP) is -1.81. The van der Waals surface area contributed by atoms with E-state index in [4.69, 9.17) is 19.3 Å². The molecule has 0 radical (unpaired) electrons. The van der Waals surface area contributed by atoms with E-state index in [2.05, 4.69) is 0 Å². The maximum atomic E-state index is 9.49. The van der Waals surface area contributed by atoms with Gasteiger partial charge in [0, 0.05) is 0 Å². The predicted molar refractivity (Wildman–Crippen MR) is 43.2 cm³/mol. The molecule has 14 heavy (non-hydrogen) atoms. The fourth-order valence-corrected chi connectivity index (χ4v) is 1.86. The fourth-order valence-electron chi connectivity index (χ4n) is 1.86. The van der Waals surface area contributed by atoms with E-state index >= 15 is 0 Å². The van der Waals surface area contributed by atoms with Gasteiger partial charge in [-0.1, -0.05) is 0 Å². The average Bonchev–Trinajstić information content (AvgIpc) is 2.43. The molecule has 6 atom stereocenters. The van der Waals surface area contributed by atoms with Crippen molar-refractivity contribution in [2.24, 2.45) is 0 Å². The zero-order valence-electron chi connectivity index (χ0n) is 7.74. The van der Waals surface area contributed by atoms with E-state index < -0.39 is 37.0 Å². The molecule has 0 aromatic rings. The van der Waals surface area contributed by atoms with Crippen molar-refractivity contribution in [1.82, 2.24) is 0 Å². The lowest BCUT2D eigenvalue weighted by molar-refractivity contribution is -0.279. The average molecular weight is 206 g/mol. The Morgan fingerprint density at radius 2 is 1.79 bits per heavy atom. The summed E-state index contributed by atoms with van der Waals surface area (Å²) in [5, 5.41) is 27.7. The van der Waals surface area contributed by atoms with Gasteiger partial charge in [0.25, 0.3) is 0 Å². The Balaban J connectivity index is 2.12. The van der Waals surface area contributed by atoms with Gasteiger partial charge < -0.3 is 29.5 Å². The lowest BCUT2D eigenvalue weighted by atomic mass is 10.0. The molecule has 0 spiro atoms. The van der Waals surface area contributed by atoms with Crippen LogP contribution in [0, 0.1) is 0 Å². The lowest BCUT2D eigenvalue weighted by Gasteiger charge is -2.36. The van der Waals surface area contributed by atoms with Crippen LogP contribution in [-0.2, 0) is 14.2 Å². The van der Waals surface area contributed by atoms with Gasteiger partial charge >= 0.3 is 0 Å². The Bertz CT molecular complexity index is 208. The van der Waals surface area contributed by atoms with Crippen LogP contribution in [0.15, 0.2) is 0 Å². The summed E-state index contributed by atoms with van der Waals surface area (Å²) >= 11 is 0. The maximum absolute atomic E-state index is 9.49. The molecule has 2 aliphatic heterocycles. The molecule has 6 unspecified atom stereocenters. The highest BCUT2D eigenvalue weighted by atomic mass is 16.7. The molecule has 2 heterocycles. The van der Waals surface area contributed by atoms with E-state index in [1.165, 1.54) is 0 Å². The quantitative estimate of drug-likeness (QED) is 0.468. The summed E-state index contributed by atoms with van der Waals surface area (Å²) in [7, 11) is 0. The van der Waals surface area contributed by atoms with Crippen LogP contribution >= 0.6 is 0 Å². The zero-order valence-corrected chi connectivity index (χ0v) is 7.74. The summed E-state index contributed by atoms with van der Waals surface area (Å²) in [5.41, 5.74) is 0. The van der Waals surface area contributed by atoms with Crippen molar-refractivity contribution >= 4 is 0 Å². The first-order valence-corrected chi connectivity index (χ1v) is 4.57. The van der Waals surface area contributed by atoms with Crippen molar-refractivity contribution in [3.63, 3.8) is 0 Å². The number of aliphatic hydroxyl groups excluding tert-OH is 3. The first-order valence-electron chi connectivity index (χ1n) is 4.57. The summed E-state index contributed by atoms with van der Waals surface area (Å²) in [6, 6.07) is 0. The Hall–Kier alpha value is -0.240. The standard InChI is InChI=1S/C8H14O6/c1-3-12-4(2-9)6-7(13-3)5(10)8(11)14-6/h3-11H,2H2,1H3.